The third-order valence-electron chi connectivity index (χ3n) is 5.34. The summed E-state index contributed by atoms with van der Waals surface area (Å²) in [7, 11) is 0. The van der Waals surface area contributed by atoms with E-state index in [2.05, 4.69) is 15.0 Å². The van der Waals surface area contributed by atoms with E-state index in [-0.39, 0.29) is 24.8 Å². The maximum Gasteiger partial charge on any atom is 0.266 e. The maximum atomic E-state index is 12.4. The van der Waals surface area contributed by atoms with Crippen LogP contribution in [0.2, 0.25) is 0 Å². The molecule has 0 aliphatic carbocycles. The zero-order valence-electron chi connectivity index (χ0n) is 15.9. The Morgan fingerprint density at radius 3 is 2.64 bits per heavy atom. The van der Waals surface area contributed by atoms with Crippen LogP contribution in [0, 0.1) is 0 Å². The topological polar surface area (TPSA) is 89.7 Å². The van der Waals surface area contributed by atoms with Crippen LogP contribution >= 0.6 is 0 Å². The second-order valence-electron chi connectivity index (χ2n) is 7.57. The van der Waals surface area contributed by atoms with Crippen molar-refractivity contribution in [2.75, 3.05) is 39.5 Å². The van der Waals surface area contributed by atoms with Gasteiger partial charge in [-0.1, -0.05) is 0 Å². The second kappa shape index (κ2) is 8.48. The molecule has 4 heterocycles. The smallest absolute Gasteiger partial charge is 0.266 e. The van der Waals surface area contributed by atoms with Crippen LogP contribution in [-0.2, 0) is 16.0 Å². The van der Waals surface area contributed by atoms with Crippen LogP contribution < -0.4 is 5.56 Å². The Hall–Kier alpha value is -2.13. The molecule has 1 N–H and O–H groups in total. The van der Waals surface area contributed by atoms with Crippen molar-refractivity contribution in [3.05, 3.63) is 47.0 Å². The fourth-order valence-corrected chi connectivity index (χ4v) is 3.92. The highest BCUT2D eigenvalue weighted by atomic mass is 16.6. The number of pyridine rings is 1. The van der Waals surface area contributed by atoms with E-state index in [0.29, 0.717) is 26.3 Å². The quantitative estimate of drug-likeness (QED) is 0.802. The summed E-state index contributed by atoms with van der Waals surface area (Å²) in [6.45, 7) is 3.40. The van der Waals surface area contributed by atoms with Gasteiger partial charge in [-0.2, -0.15) is 5.10 Å². The van der Waals surface area contributed by atoms with Gasteiger partial charge in [0.25, 0.3) is 5.56 Å². The van der Waals surface area contributed by atoms with Crippen LogP contribution in [0.15, 0.2) is 41.5 Å². The second-order valence-corrected chi connectivity index (χ2v) is 7.57. The zero-order chi connectivity index (χ0) is 19.4. The van der Waals surface area contributed by atoms with Crippen molar-refractivity contribution in [1.29, 1.82) is 0 Å². The zero-order valence-corrected chi connectivity index (χ0v) is 15.9. The molecule has 2 aromatic rings. The van der Waals surface area contributed by atoms with Crippen LogP contribution in [0.4, 0.5) is 0 Å². The van der Waals surface area contributed by atoms with Gasteiger partial charge in [-0.3, -0.25) is 14.7 Å². The summed E-state index contributed by atoms with van der Waals surface area (Å²) in [5.74, 6) is 0. The van der Waals surface area contributed by atoms with Gasteiger partial charge in [0, 0.05) is 36.6 Å². The monoisotopic (exact) mass is 386 g/mol. The Morgan fingerprint density at radius 2 is 1.89 bits per heavy atom. The largest absolute Gasteiger partial charge is 0.384 e. The lowest BCUT2D eigenvalue weighted by molar-refractivity contribution is -0.0767. The molecule has 2 aliphatic heterocycles. The minimum atomic E-state index is -1.02. The van der Waals surface area contributed by atoms with Crippen LogP contribution in [0.5, 0.6) is 0 Å². The molecule has 0 saturated carbocycles. The molecule has 2 aliphatic rings. The van der Waals surface area contributed by atoms with E-state index in [1.807, 2.05) is 12.1 Å². The Balaban J connectivity index is 1.49. The third kappa shape index (κ3) is 4.47. The number of β-amino-alcohol motifs (C(OH)–C–C–N with tert-alkyl or cyclic N) is 1. The standard InChI is InChI=1S/C20H26N4O4/c25-19-4-3-18(16-5-7-21-8-6-16)22-24(19)12-17-2-1-9-23(17)13-20(26)14-27-10-11-28-15-20/h3-8,17,26H,1-2,9-15H2. The molecule has 4 rings (SSSR count). The molecule has 28 heavy (non-hydrogen) atoms. The first-order valence-corrected chi connectivity index (χ1v) is 9.73. The molecule has 2 fully saturated rings. The first kappa shape index (κ1) is 19.2. The van der Waals surface area contributed by atoms with Gasteiger partial charge in [0.2, 0.25) is 0 Å². The van der Waals surface area contributed by atoms with Crippen molar-refractivity contribution in [1.82, 2.24) is 19.7 Å². The van der Waals surface area contributed by atoms with Crippen molar-refractivity contribution in [2.45, 2.75) is 31.0 Å². The molecule has 8 nitrogen and oxygen atoms in total. The van der Waals surface area contributed by atoms with Gasteiger partial charge in [0.1, 0.15) is 5.60 Å². The molecular formula is C20H26N4O4. The minimum Gasteiger partial charge on any atom is -0.384 e. The predicted molar refractivity (Wildman–Crippen MR) is 103 cm³/mol. The summed E-state index contributed by atoms with van der Waals surface area (Å²) < 4.78 is 12.5. The fraction of sp³-hybridized carbons (Fsp3) is 0.550. The van der Waals surface area contributed by atoms with E-state index in [0.717, 1.165) is 30.6 Å². The molecule has 0 bridgehead atoms. The summed E-state index contributed by atoms with van der Waals surface area (Å²) in [5.41, 5.74) is 0.533. The molecule has 0 amide bonds. The molecule has 0 aromatic carbocycles. The lowest BCUT2D eigenvalue weighted by atomic mass is 10.1. The molecule has 2 saturated heterocycles. The molecule has 1 atom stereocenters. The molecule has 2 aromatic heterocycles. The Labute approximate surface area is 163 Å². The SMILES string of the molecule is O=c1ccc(-c2ccncc2)nn1CC1CCCN1CC1(O)COCCOC1. The van der Waals surface area contributed by atoms with Gasteiger partial charge in [0.15, 0.2) is 0 Å². The highest BCUT2D eigenvalue weighted by molar-refractivity contribution is 5.56. The van der Waals surface area contributed by atoms with E-state index in [4.69, 9.17) is 9.47 Å². The highest BCUT2D eigenvalue weighted by Gasteiger charge is 2.36. The van der Waals surface area contributed by atoms with Gasteiger partial charge in [-0.05, 0) is 37.6 Å². The number of rotatable bonds is 5. The summed E-state index contributed by atoms with van der Waals surface area (Å²) >= 11 is 0. The minimum absolute atomic E-state index is 0.121. The number of hydrogen-bond acceptors (Lipinski definition) is 7. The summed E-state index contributed by atoms with van der Waals surface area (Å²) in [6, 6.07) is 7.19. The van der Waals surface area contributed by atoms with Crippen molar-refractivity contribution in [3.8, 4) is 11.3 Å². The van der Waals surface area contributed by atoms with Crippen LogP contribution in [-0.4, -0.2) is 75.9 Å². The average molecular weight is 386 g/mol. The molecule has 0 radical (unpaired) electrons. The van der Waals surface area contributed by atoms with Gasteiger partial charge in [-0.15, -0.1) is 0 Å². The first-order valence-electron chi connectivity index (χ1n) is 9.73. The number of aliphatic hydroxyl groups is 1. The number of nitrogens with zero attached hydrogens (tertiary/aromatic N) is 4. The Bertz CT molecular complexity index is 834. The summed E-state index contributed by atoms with van der Waals surface area (Å²) in [4.78, 5) is 18.6. The number of aromatic nitrogens is 3. The van der Waals surface area contributed by atoms with Crippen LogP contribution in [0.3, 0.4) is 0 Å². The van der Waals surface area contributed by atoms with E-state index in [1.54, 1.807) is 24.5 Å². The fourth-order valence-electron chi connectivity index (χ4n) is 3.92. The van der Waals surface area contributed by atoms with Gasteiger partial charge in [0.05, 0.1) is 38.7 Å². The average Bonchev–Trinajstić information content (AvgIpc) is 3.01. The molecule has 0 spiro atoms. The van der Waals surface area contributed by atoms with E-state index in [9.17, 15) is 9.90 Å². The molecule has 8 heteroatoms. The Morgan fingerprint density at radius 1 is 1.14 bits per heavy atom. The lowest BCUT2D eigenvalue weighted by Gasteiger charge is -2.33. The number of likely N-dealkylation sites (tertiary alicyclic amines) is 1. The summed E-state index contributed by atoms with van der Waals surface area (Å²) in [6.07, 6.45) is 5.41. The van der Waals surface area contributed by atoms with Crippen molar-refractivity contribution in [2.24, 2.45) is 0 Å². The molecular weight excluding hydrogens is 360 g/mol. The maximum absolute atomic E-state index is 12.4. The first-order chi connectivity index (χ1) is 13.6. The lowest BCUT2D eigenvalue weighted by Crippen LogP contribution is -2.51. The normalized spacial score (nSPS) is 22.8. The van der Waals surface area contributed by atoms with E-state index >= 15 is 0 Å². The van der Waals surface area contributed by atoms with Gasteiger partial charge >= 0.3 is 0 Å². The van der Waals surface area contributed by atoms with Gasteiger partial charge in [-0.25, -0.2) is 4.68 Å². The number of hydrogen-bond donors (Lipinski definition) is 1. The van der Waals surface area contributed by atoms with Crippen LogP contribution in [0.1, 0.15) is 12.8 Å². The van der Waals surface area contributed by atoms with Crippen molar-refractivity contribution < 1.29 is 14.6 Å². The number of ether oxygens (including phenoxy) is 2. The highest BCUT2D eigenvalue weighted by Crippen LogP contribution is 2.23. The van der Waals surface area contributed by atoms with Gasteiger partial charge < -0.3 is 14.6 Å². The van der Waals surface area contributed by atoms with Crippen LogP contribution in [0.25, 0.3) is 11.3 Å². The summed E-state index contributed by atoms with van der Waals surface area (Å²) in [5, 5.41) is 15.4. The third-order valence-corrected chi connectivity index (χ3v) is 5.34. The predicted octanol–water partition coefficient (Wildman–Crippen LogP) is 0.548. The molecule has 150 valence electrons. The van der Waals surface area contributed by atoms with E-state index in [1.165, 1.54) is 4.68 Å². The molecule has 1 unspecified atom stereocenters. The van der Waals surface area contributed by atoms with E-state index < -0.39 is 5.60 Å². The Kier molecular flexibility index (Phi) is 5.82. The van der Waals surface area contributed by atoms with Crippen molar-refractivity contribution in [3.63, 3.8) is 0 Å². The van der Waals surface area contributed by atoms with Crippen molar-refractivity contribution >= 4 is 0 Å².